The molecule has 10 heavy (non-hydrogen) atoms. The SMILES string of the molecule is CC1(O)CN(N)CC1(F)F. The molecule has 3 nitrogen and oxygen atoms in total. The van der Waals surface area contributed by atoms with Crippen LogP contribution in [0.3, 0.4) is 0 Å². The third-order valence-electron chi connectivity index (χ3n) is 1.70. The molecule has 0 aliphatic carbocycles. The summed E-state index contributed by atoms with van der Waals surface area (Å²) in [4.78, 5) is 0. The molecule has 60 valence electrons. The van der Waals surface area contributed by atoms with Gasteiger partial charge < -0.3 is 5.11 Å². The van der Waals surface area contributed by atoms with Crippen LogP contribution in [-0.2, 0) is 0 Å². The lowest BCUT2D eigenvalue weighted by Gasteiger charge is -2.22. The van der Waals surface area contributed by atoms with E-state index in [1.807, 2.05) is 0 Å². The van der Waals surface area contributed by atoms with Gasteiger partial charge >= 0.3 is 0 Å². The van der Waals surface area contributed by atoms with Gasteiger partial charge in [-0.3, -0.25) is 5.84 Å². The van der Waals surface area contributed by atoms with Crippen molar-refractivity contribution in [1.29, 1.82) is 0 Å². The van der Waals surface area contributed by atoms with Crippen molar-refractivity contribution in [2.75, 3.05) is 13.1 Å². The van der Waals surface area contributed by atoms with Gasteiger partial charge in [0.2, 0.25) is 0 Å². The number of rotatable bonds is 0. The molecule has 1 unspecified atom stereocenters. The molecule has 1 rings (SSSR count). The number of hydrogen-bond donors (Lipinski definition) is 2. The van der Waals surface area contributed by atoms with Crippen molar-refractivity contribution in [2.45, 2.75) is 18.4 Å². The zero-order chi connectivity index (χ0) is 7.99. The second-order valence-corrected chi connectivity index (χ2v) is 2.88. The van der Waals surface area contributed by atoms with E-state index in [4.69, 9.17) is 10.9 Å². The predicted molar refractivity (Wildman–Crippen MR) is 31.3 cm³/mol. The first kappa shape index (κ1) is 7.84. The molecule has 1 saturated heterocycles. The second kappa shape index (κ2) is 1.87. The van der Waals surface area contributed by atoms with Crippen molar-refractivity contribution in [1.82, 2.24) is 5.01 Å². The molecule has 3 N–H and O–H groups in total. The molecule has 1 heterocycles. The van der Waals surface area contributed by atoms with Crippen molar-refractivity contribution in [2.24, 2.45) is 5.84 Å². The normalized spacial score (nSPS) is 40.5. The van der Waals surface area contributed by atoms with E-state index in [0.29, 0.717) is 0 Å². The zero-order valence-corrected chi connectivity index (χ0v) is 5.64. The summed E-state index contributed by atoms with van der Waals surface area (Å²) in [7, 11) is 0. The Hall–Kier alpha value is -0.260. The van der Waals surface area contributed by atoms with Crippen LogP contribution in [-0.4, -0.2) is 34.7 Å². The number of halogens is 2. The van der Waals surface area contributed by atoms with Crippen LogP contribution >= 0.6 is 0 Å². The van der Waals surface area contributed by atoms with E-state index >= 15 is 0 Å². The molecule has 0 radical (unpaired) electrons. The Kier molecular flexibility index (Phi) is 1.47. The summed E-state index contributed by atoms with van der Waals surface area (Å²) in [5.41, 5.74) is -1.97. The topological polar surface area (TPSA) is 49.5 Å². The smallest absolute Gasteiger partial charge is 0.290 e. The molecular weight excluding hydrogens is 142 g/mol. The number of hydrogen-bond acceptors (Lipinski definition) is 3. The minimum Gasteiger partial charge on any atom is -0.382 e. The summed E-state index contributed by atoms with van der Waals surface area (Å²) in [6.45, 7) is 0.333. The third-order valence-corrected chi connectivity index (χ3v) is 1.70. The molecule has 0 saturated carbocycles. The number of aliphatic hydroxyl groups is 1. The maximum absolute atomic E-state index is 12.6. The Balaban J connectivity index is 2.78. The quantitative estimate of drug-likeness (QED) is 0.463. The molecular formula is C5H10F2N2O. The van der Waals surface area contributed by atoms with Gasteiger partial charge in [0.1, 0.15) is 5.60 Å². The van der Waals surface area contributed by atoms with Crippen LogP contribution in [0.2, 0.25) is 0 Å². The van der Waals surface area contributed by atoms with Gasteiger partial charge in [-0.05, 0) is 6.92 Å². The van der Waals surface area contributed by atoms with Crippen LogP contribution in [0.15, 0.2) is 0 Å². The lowest BCUT2D eigenvalue weighted by molar-refractivity contribution is -0.134. The number of β-amino-alcohol motifs (C(OH)–C–C–N with tert-alkyl or cyclic N) is 1. The molecule has 0 aromatic rings. The van der Waals surface area contributed by atoms with E-state index in [9.17, 15) is 8.78 Å². The van der Waals surface area contributed by atoms with Crippen molar-refractivity contribution in [3.8, 4) is 0 Å². The minimum absolute atomic E-state index is 0.181. The minimum atomic E-state index is -3.08. The molecule has 1 aliphatic heterocycles. The first-order valence-corrected chi connectivity index (χ1v) is 2.95. The molecule has 1 fully saturated rings. The maximum Gasteiger partial charge on any atom is 0.290 e. The molecule has 0 aromatic heterocycles. The Labute approximate surface area is 57.4 Å². The lowest BCUT2D eigenvalue weighted by Crippen LogP contribution is -2.43. The summed E-state index contributed by atoms with van der Waals surface area (Å²) < 4.78 is 25.2. The van der Waals surface area contributed by atoms with Gasteiger partial charge in [-0.2, -0.15) is 0 Å². The van der Waals surface area contributed by atoms with Crippen LogP contribution in [0.1, 0.15) is 6.92 Å². The molecule has 1 atom stereocenters. The Morgan fingerprint density at radius 1 is 1.50 bits per heavy atom. The fourth-order valence-electron chi connectivity index (χ4n) is 0.992. The Morgan fingerprint density at radius 3 is 2.10 bits per heavy atom. The van der Waals surface area contributed by atoms with Crippen LogP contribution in [0, 0.1) is 0 Å². The van der Waals surface area contributed by atoms with E-state index in [0.717, 1.165) is 11.9 Å². The highest BCUT2D eigenvalue weighted by Gasteiger charge is 2.55. The van der Waals surface area contributed by atoms with Crippen LogP contribution in [0.4, 0.5) is 8.78 Å². The van der Waals surface area contributed by atoms with Crippen molar-refractivity contribution >= 4 is 0 Å². The molecule has 0 amide bonds. The van der Waals surface area contributed by atoms with Crippen molar-refractivity contribution < 1.29 is 13.9 Å². The van der Waals surface area contributed by atoms with Gasteiger partial charge in [0.25, 0.3) is 5.92 Å². The summed E-state index contributed by atoms with van der Waals surface area (Å²) in [5.74, 6) is 2.00. The van der Waals surface area contributed by atoms with E-state index in [2.05, 4.69) is 0 Å². The largest absolute Gasteiger partial charge is 0.382 e. The number of nitrogens with zero attached hydrogens (tertiary/aromatic N) is 1. The average molecular weight is 152 g/mol. The van der Waals surface area contributed by atoms with Gasteiger partial charge in [0.15, 0.2) is 0 Å². The van der Waals surface area contributed by atoms with Gasteiger partial charge in [-0.15, -0.1) is 0 Å². The summed E-state index contributed by atoms with van der Waals surface area (Å²) >= 11 is 0. The predicted octanol–water partition coefficient (Wildman–Crippen LogP) is -0.438. The molecule has 0 spiro atoms. The highest BCUT2D eigenvalue weighted by atomic mass is 19.3. The standard InChI is InChI=1S/C5H10F2N2O/c1-4(10)2-9(8)3-5(4,6)7/h10H,2-3,8H2,1H3. The highest BCUT2D eigenvalue weighted by molar-refractivity contribution is 4.98. The maximum atomic E-state index is 12.6. The third kappa shape index (κ3) is 1.00. The van der Waals surface area contributed by atoms with Gasteiger partial charge in [0, 0.05) is 6.54 Å². The van der Waals surface area contributed by atoms with Crippen molar-refractivity contribution in [3.63, 3.8) is 0 Å². The van der Waals surface area contributed by atoms with Gasteiger partial charge in [-0.25, -0.2) is 13.8 Å². The van der Waals surface area contributed by atoms with E-state index in [1.165, 1.54) is 0 Å². The van der Waals surface area contributed by atoms with Crippen LogP contribution < -0.4 is 5.84 Å². The van der Waals surface area contributed by atoms with E-state index in [-0.39, 0.29) is 6.54 Å². The van der Waals surface area contributed by atoms with E-state index in [1.54, 1.807) is 0 Å². The number of alkyl halides is 2. The van der Waals surface area contributed by atoms with Crippen molar-refractivity contribution in [3.05, 3.63) is 0 Å². The molecule has 0 aromatic carbocycles. The molecule has 5 heteroatoms. The molecule has 1 aliphatic rings. The fraction of sp³-hybridized carbons (Fsp3) is 1.00. The lowest BCUT2D eigenvalue weighted by atomic mass is 10.0. The van der Waals surface area contributed by atoms with Crippen LogP contribution in [0.5, 0.6) is 0 Å². The first-order valence-electron chi connectivity index (χ1n) is 2.95. The van der Waals surface area contributed by atoms with Crippen LogP contribution in [0.25, 0.3) is 0 Å². The Bertz CT molecular complexity index is 133. The van der Waals surface area contributed by atoms with E-state index < -0.39 is 18.1 Å². The highest BCUT2D eigenvalue weighted by Crippen LogP contribution is 2.34. The Morgan fingerprint density at radius 2 is 2.00 bits per heavy atom. The molecule has 0 bridgehead atoms. The number of hydrazine groups is 1. The summed E-state index contributed by atoms with van der Waals surface area (Å²) in [6, 6.07) is 0. The first-order chi connectivity index (χ1) is 4.35. The van der Waals surface area contributed by atoms with Gasteiger partial charge in [0.05, 0.1) is 6.54 Å². The number of nitrogens with two attached hydrogens (primary N) is 1. The second-order valence-electron chi connectivity index (χ2n) is 2.88. The summed E-state index contributed by atoms with van der Waals surface area (Å²) in [5, 5.41) is 9.94. The van der Waals surface area contributed by atoms with Gasteiger partial charge in [-0.1, -0.05) is 0 Å². The zero-order valence-electron chi connectivity index (χ0n) is 5.64. The fourth-order valence-corrected chi connectivity index (χ4v) is 0.992. The average Bonchev–Trinajstić information content (AvgIpc) is 1.73. The summed E-state index contributed by atoms with van der Waals surface area (Å²) in [6.07, 6.45) is 0. The monoisotopic (exact) mass is 152 g/mol.